The SMILES string of the molecule is CCC1CCCN(C2CCCCCCC2O)CC1. The molecule has 2 aliphatic rings. The number of hydrogen-bond acceptors (Lipinski definition) is 2. The monoisotopic (exact) mass is 253 g/mol. The fraction of sp³-hybridized carbons (Fsp3) is 1.00. The summed E-state index contributed by atoms with van der Waals surface area (Å²) in [6.07, 6.45) is 12.8. The van der Waals surface area contributed by atoms with E-state index in [0.29, 0.717) is 6.04 Å². The number of hydrogen-bond donors (Lipinski definition) is 1. The number of rotatable bonds is 2. The van der Waals surface area contributed by atoms with E-state index in [2.05, 4.69) is 11.8 Å². The minimum atomic E-state index is -0.0662. The summed E-state index contributed by atoms with van der Waals surface area (Å²) in [6, 6.07) is 0.459. The van der Waals surface area contributed by atoms with Crippen molar-refractivity contribution < 1.29 is 5.11 Å². The van der Waals surface area contributed by atoms with E-state index in [1.165, 1.54) is 70.9 Å². The lowest BCUT2D eigenvalue weighted by molar-refractivity contribution is 0.0323. The van der Waals surface area contributed by atoms with Gasteiger partial charge in [-0.05, 0) is 51.1 Å². The summed E-state index contributed by atoms with van der Waals surface area (Å²) in [7, 11) is 0. The second-order valence-electron chi connectivity index (χ2n) is 6.37. The fourth-order valence-electron chi connectivity index (χ4n) is 3.80. The fourth-order valence-corrected chi connectivity index (χ4v) is 3.80. The lowest BCUT2D eigenvalue weighted by atomic mass is 9.93. The summed E-state index contributed by atoms with van der Waals surface area (Å²) in [5.41, 5.74) is 0. The molecule has 1 saturated carbocycles. The summed E-state index contributed by atoms with van der Waals surface area (Å²) in [5.74, 6) is 0.931. The number of likely N-dealkylation sites (tertiary alicyclic amines) is 1. The Morgan fingerprint density at radius 1 is 0.889 bits per heavy atom. The largest absolute Gasteiger partial charge is 0.391 e. The van der Waals surface area contributed by atoms with Gasteiger partial charge in [0.25, 0.3) is 0 Å². The first-order chi connectivity index (χ1) is 8.81. The van der Waals surface area contributed by atoms with Crippen molar-refractivity contribution in [3.05, 3.63) is 0 Å². The molecule has 2 rings (SSSR count). The topological polar surface area (TPSA) is 23.5 Å². The lowest BCUT2D eigenvalue weighted by Gasteiger charge is -2.35. The zero-order valence-corrected chi connectivity index (χ0v) is 12.1. The molecule has 1 saturated heterocycles. The first kappa shape index (κ1) is 14.3. The van der Waals surface area contributed by atoms with Crippen LogP contribution in [-0.2, 0) is 0 Å². The number of aliphatic hydroxyl groups excluding tert-OH is 1. The maximum absolute atomic E-state index is 10.4. The van der Waals surface area contributed by atoms with Gasteiger partial charge in [0.1, 0.15) is 0 Å². The third kappa shape index (κ3) is 3.96. The van der Waals surface area contributed by atoms with E-state index in [4.69, 9.17) is 0 Å². The van der Waals surface area contributed by atoms with Crippen molar-refractivity contribution in [2.24, 2.45) is 5.92 Å². The van der Waals surface area contributed by atoms with Crippen LogP contribution in [0.3, 0.4) is 0 Å². The Morgan fingerprint density at radius 3 is 2.44 bits per heavy atom. The summed E-state index contributed by atoms with van der Waals surface area (Å²) in [4.78, 5) is 2.62. The molecule has 1 heterocycles. The van der Waals surface area contributed by atoms with E-state index in [1.54, 1.807) is 0 Å². The average molecular weight is 253 g/mol. The summed E-state index contributed by atoms with van der Waals surface area (Å²) in [6.45, 7) is 4.77. The molecular weight excluding hydrogens is 222 g/mol. The van der Waals surface area contributed by atoms with Gasteiger partial charge in [0.2, 0.25) is 0 Å². The van der Waals surface area contributed by atoms with Gasteiger partial charge in [0.05, 0.1) is 6.10 Å². The minimum Gasteiger partial charge on any atom is -0.391 e. The molecule has 0 spiro atoms. The van der Waals surface area contributed by atoms with Gasteiger partial charge in [-0.1, -0.05) is 39.0 Å². The Hall–Kier alpha value is -0.0800. The third-order valence-electron chi connectivity index (χ3n) is 5.12. The molecule has 0 amide bonds. The second kappa shape index (κ2) is 7.49. The summed E-state index contributed by atoms with van der Waals surface area (Å²) >= 11 is 0. The molecule has 1 aliphatic carbocycles. The van der Waals surface area contributed by atoms with Gasteiger partial charge < -0.3 is 5.11 Å². The Labute approximate surface area is 113 Å². The lowest BCUT2D eigenvalue weighted by Crippen LogP contribution is -2.44. The molecule has 0 aromatic carbocycles. The Bertz CT molecular complexity index is 231. The molecule has 2 heteroatoms. The number of aliphatic hydroxyl groups is 1. The van der Waals surface area contributed by atoms with Crippen LogP contribution in [0.5, 0.6) is 0 Å². The van der Waals surface area contributed by atoms with E-state index in [-0.39, 0.29) is 6.10 Å². The highest BCUT2D eigenvalue weighted by molar-refractivity contribution is 4.83. The molecular formula is C16H31NO. The molecule has 2 fully saturated rings. The van der Waals surface area contributed by atoms with Gasteiger partial charge in [-0.15, -0.1) is 0 Å². The van der Waals surface area contributed by atoms with Crippen LogP contribution >= 0.6 is 0 Å². The predicted molar refractivity (Wildman–Crippen MR) is 76.7 cm³/mol. The van der Waals surface area contributed by atoms with Gasteiger partial charge in [-0.25, -0.2) is 0 Å². The summed E-state index contributed by atoms with van der Waals surface area (Å²) < 4.78 is 0. The zero-order valence-electron chi connectivity index (χ0n) is 12.1. The molecule has 2 nitrogen and oxygen atoms in total. The molecule has 1 N–H and O–H groups in total. The van der Waals surface area contributed by atoms with Crippen LogP contribution < -0.4 is 0 Å². The normalized spacial score (nSPS) is 36.7. The van der Waals surface area contributed by atoms with E-state index < -0.39 is 0 Å². The van der Waals surface area contributed by atoms with Crippen LogP contribution in [0, 0.1) is 5.92 Å². The molecule has 3 unspecified atom stereocenters. The first-order valence-corrected chi connectivity index (χ1v) is 8.23. The second-order valence-corrected chi connectivity index (χ2v) is 6.37. The predicted octanol–water partition coefficient (Wildman–Crippen LogP) is 3.58. The Kier molecular flexibility index (Phi) is 5.97. The van der Waals surface area contributed by atoms with E-state index in [1.807, 2.05) is 0 Å². The molecule has 0 aromatic rings. The molecule has 18 heavy (non-hydrogen) atoms. The molecule has 106 valence electrons. The van der Waals surface area contributed by atoms with Crippen LogP contribution in [0.2, 0.25) is 0 Å². The third-order valence-corrected chi connectivity index (χ3v) is 5.12. The van der Waals surface area contributed by atoms with Crippen LogP contribution in [0.1, 0.15) is 71.1 Å². The van der Waals surface area contributed by atoms with Gasteiger partial charge in [-0.3, -0.25) is 4.90 Å². The quantitative estimate of drug-likeness (QED) is 0.813. The minimum absolute atomic E-state index is 0.0662. The van der Waals surface area contributed by atoms with Crippen molar-refractivity contribution in [3.63, 3.8) is 0 Å². The standard InChI is InChI=1S/C16H31NO/c1-2-14-8-7-12-17(13-11-14)15-9-5-3-4-6-10-16(15)18/h14-16,18H,2-13H2,1H3. The van der Waals surface area contributed by atoms with Crippen molar-refractivity contribution in [1.82, 2.24) is 4.90 Å². The molecule has 1 aliphatic heterocycles. The maximum Gasteiger partial charge on any atom is 0.0695 e. The Morgan fingerprint density at radius 2 is 1.67 bits per heavy atom. The first-order valence-electron chi connectivity index (χ1n) is 8.23. The molecule has 0 bridgehead atoms. The van der Waals surface area contributed by atoms with Crippen molar-refractivity contribution in [2.45, 2.75) is 83.3 Å². The smallest absolute Gasteiger partial charge is 0.0695 e. The van der Waals surface area contributed by atoms with Gasteiger partial charge in [0.15, 0.2) is 0 Å². The van der Waals surface area contributed by atoms with Gasteiger partial charge in [-0.2, -0.15) is 0 Å². The number of nitrogens with zero attached hydrogens (tertiary/aromatic N) is 1. The molecule has 3 atom stereocenters. The maximum atomic E-state index is 10.4. The van der Waals surface area contributed by atoms with Crippen LogP contribution in [0.4, 0.5) is 0 Å². The van der Waals surface area contributed by atoms with E-state index in [9.17, 15) is 5.11 Å². The van der Waals surface area contributed by atoms with Gasteiger partial charge >= 0.3 is 0 Å². The van der Waals surface area contributed by atoms with Crippen molar-refractivity contribution in [3.8, 4) is 0 Å². The van der Waals surface area contributed by atoms with Crippen LogP contribution in [0.15, 0.2) is 0 Å². The van der Waals surface area contributed by atoms with Crippen molar-refractivity contribution >= 4 is 0 Å². The highest BCUT2D eigenvalue weighted by atomic mass is 16.3. The average Bonchev–Trinajstić information content (AvgIpc) is 2.60. The highest BCUT2D eigenvalue weighted by Gasteiger charge is 2.28. The van der Waals surface area contributed by atoms with Crippen molar-refractivity contribution in [1.29, 1.82) is 0 Å². The van der Waals surface area contributed by atoms with E-state index >= 15 is 0 Å². The summed E-state index contributed by atoms with van der Waals surface area (Å²) in [5, 5.41) is 10.4. The van der Waals surface area contributed by atoms with Gasteiger partial charge in [0, 0.05) is 6.04 Å². The molecule has 0 radical (unpaired) electrons. The highest BCUT2D eigenvalue weighted by Crippen LogP contribution is 2.26. The Balaban J connectivity index is 1.90. The van der Waals surface area contributed by atoms with Crippen LogP contribution in [0.25, 0.3) is 0 Å². The van der Waals surface area contributed by atoms with Crippen LogP contribution in [-0.4, -0.2) is 35.2 Å². The van der Waals surface area contributed by atoms with Crippen molar-refractivity contribution in [2.75, 3.05) is 13.1 Å². The van der Waals surface area contributed by atoms with E-state index in [0.717, 1.165) is 12.3 Å². The zero-order chi connectivity index (χ0) is 12.8. The molecule has 0 aromatic heterocycles.